The second-order valence-electron chi connectivity index (χ2n) is 6.66. The SMILES string of the molecule is CCc1ccccc1NC(=O)CC1N=C(/N=C(\N)Nc2ccccc2C)NC1=O. The number of anilines is 2. The number of carbonyl (C=O) groups excluding carboxylic acids is 2. The maximum absolute atomic E-state index is 12.4. The predicted octanol–water partition coefficient (Wildman–Crippen LogP) is 2.17. The Labute approximate surface area is 169 Å². The molecular formula is C21H24N6O2. The highest BCUT2D eigenvalue weighted by Gasteiger charge is 2.28. The van der Waals surface area contributed by atoms with Crippen LogP contribution in [0.3, 0.4) is 0 Å². The van der Waals surface area contributed by atoms with E-state index in [-0.39, 0.29) is 30.2 Å². The number of nitrogens with two attached hydrogens (primary N) is 1. The van der Waals surface area contributed by atoms with Crippen LogP contribution in [-0.2, 0) is 16.0 Å². The van der Waals surface area contributed by atoms with Gasteiger partial charge < -0.3 is 16.4 Å². The molecule has 0 fully saturated rings. The number of guanidine groups is 2. The Bertz CT molecular complexity index is 983. The lowest BCUT2D eigenvalue weighted by Crippen LogP contribution is -2.32. The van der Waals surface area contributed by atoms with Gasteiger partial charge in [0, 0.05) is 11.4 Å². The van der Waals surface area contributed by atoms with Crippen molar-refractivity contribution in [3.05, 3.63) is 59.7 Å². The highest BCUT2D eigenvalue weighted by Crippen LogP contribution is 2.17. The van der Waals surface area contributed by atoms with Gasteiger partial charge in [-0.2, -0.15) is 4.99 Å². The number of aryl methyl sites for hydroxylation is 2. The smallest absolute Gasteiger partial charge is 0.252 e. The van der Waals surface area contributed by atoms with Crippen molar-refractivity contribution in [2.24, 2.45) is 15.7 Å². The minimum atomic E-state index is -0.839. The third-order valence-corrected chi connectivity index (χ3v) is 4.50. The van der Waals surface area contributed by atoms with E-state index in [2.05, 4.69) is 25.9 Å². The average Bonchev–Trinajstić information content (AvgIpc) is 3.02. The molecule has 1 unspecified atom stereocenters. The van der Waals surface area contributed by atoms with Gasteiger partial charge in [0.1, 0.15) is 6.04 Å². The van der Waals surface area contributed by atoms with E-state index in [4.69, 9.17) is 5.73 Å². The van der Waals surface area contributed by atoms with Gasteiger partial charge in [0.2, 0.25) is 17.8 Å². The van der Waals surface area contributed by atoms with Crippen LogP contribution in [0.5, 0.6) is 0 Å². The second kappa shape index (κ2) is 9.01. The first kappa shape index (κ1) is 20.1. The van der Waals surface area contributed by atoms with Gasteiger partial charge in [-0.1, -0.05) is 43.3 Å². The van der Waals surface area contributed by atoms with Crippen molar-refractivity contribution in [1.29, 1.82) is 0 Å². The molecule has 0 spiro atoms. The molecule has 5 N–H and O–H groups in total. The number of nitrogens with zero attached hydrogens (tertiary/aromatic N) is 2. The van der Waals surface area contributed by atoms with Crippen molar-refractivity contribution in [3.8, 4) is 0 Å². The molecule has 3 rings (SSSR count). The summed E-state index contributed by atoms with van der Waals surface area (Å²) in [6, 6.07) is 14.3. The molecule has 150 valence electrons. The Morgan fingerprint density at radius 2 is 1.83 bits per heavy atom. The van der Waals surface area contributed by atoms with Crippen LogP contribution < -0.4 is 21.7 Å². The molecule has 0 bridgehead atoms. The number of hydrogen-bond acceptors (Lipinski definition) is 4. The monoisotopic (exact) mass is 392 g/mol. The third-order valence-electron chi connectivity index (χ3n) is 4.50. The number of rotatable bonds is 5. The summed E-state index contributed by atoms with van der Waals surface area (Å²) in [4.78, 5) is 32.8. The average molecular weight is 392 g/mol. The fourth-order valence-corrected chi connectivity index (χ4v) is 2.95. The second-order valence-corrected chi connectivity index (χ2v) is 6.66. The highest BCUT2D eigenvalue weighted by molar-refractivity contribution is 6.11. The summed E-state index contributed by atoms with van der Waals surface area (Å²) in [6.45, 7) is 3.95. The van der Waals surface area contributed by atoms with E-state index in [1.807, 2.05) is 62.4 Å². The van der Waals surface area contributed by atoms with E-state index in [9.17, 15) is 9.59 Å². The first-order valence-electron chi connectivity index (χ1n) is 9.39. The van der Waals surface area contributed by atoms with Crippen LogP contribution in [0.4, 0.5) is 11.4 Å². The zero-order valence-electron chi connectivity index (χ0n) is 16.4. The molecule has 2 aromatic carbocycles. The summed E-state index contributed by atoms with van der Waals surface area (Å²) >= 11 is 0. The fourth-order valence-electron chi connectivity index (χ4n) is 2.95. The third kappa shape index (κ3) is 5.19. The summed E-state index contributed by atoms with van der Waals surface area (Å²) in [6.07, 6.45) is 0.721. The molecule has 1 aliphatic heterocycles. The maximum Gasteiger partial charge on any atom is 0.252 e. The normalized spacial score (nSPS) is 16.2. The fraction of sp³-hybridized carbons (Fsp3) is 0.238. The van der Waals surface area contributed by atoms with Crippen LogP contribution in [0.25, 0.3) is 0 Å². The van der Waals surface area contributed by atoms with Gasteiger partial charge in [0.15, 0.2) is 0 Å². The molecule has 8 nitrogen and oxygen atoms in total. The van der Waals surface area contributed by atoms with E-state index in [1.165, 1.54) is 0 Å². The Morgan fingerprint density at radius 1 is 1.14 bits per heavy atom. The van der Waals surface area contributed by atoms with Crippen molar-refractivity contribution in [2.45, 2.75) is 32.7 Å². The molecule has 2 aromatic rings. The quantitative estimate of drug-likeness (QED) is 0.460. The van der Waals surface area contributed by atoms with Gasteiger partial charge in [0.05, 0.1) is 6.42 Å². The van der Waals surface area contributed by atoms with E-state index in [1.54, 1.807) is 0 Å². The standard InChI is InChI=1S/C21H24N6O2/c1-3-14-9-5-7-11-16(14)23-18(28)12-17-19(29)26-21(25-17)27-20(22)24-15-10-6-4-8-13(15)2/h4-11,17H,3,12H2,1-2H3,(H,23,28)(H4,22,24,25,26,27,29). The lowest BCUT2D eigenvalue weighted by Gasteiger charge is -2.10. The summed E-state index contributed by atoms with van der Waals surface area (Å²) in [5, 5.41) is 8.36. The van der Waals surface area contributed by atoms with Gasteiger partial charge in [-0.05, 0) is 36.6 Å². The topological polar surface area (TPSA) is 121 Å². The minimum Gasteiger partial charge on any atom is -0.369 e. The van der Waals surface area contributed by atoms with E-state index >= 15 is 0 Å². The largest absolute Gasteiger partial charge is 0.369 e. The Hall–Kier alpha value is -3.68. The molecule has 0 saturated heterocycles. The van der Waals surface area contributed by atoms with Gasteiger partial charge >= 0.3 is 0 Å². The zero-order valence-corrected chi connectivity index (χ0v) is 16.4. The Kier molecular flexibility index (Phi) is 6.23. The van der Waals surface area contributed by atoms with Crippen LogP contribution in [0.2, 0.25) is 0 Å². The van der Waals surface area contributed by atoms with Crippen LogP contribution in [-0.4, -0.2) is 29.8 Å². The van der Waals surface area contributed by atoms with Gasteiger partial charge in [0.25, 0.3) is 5.91 Å². The molecule has 29 heavy (non-hydrogen) atoms. The van der Waals surface area contributed by atoms with Gasteiger partial charge in [-0.25, -0.2) is 4.99 Å². The summed E-state index contributed by atoms with van der Waals surface area (Å²) in [5.41, 5.74) is 9.49. The van der Waals surface area contributed by atoms with E-state index < -0.39 is 6.04 Å². The highest BCUT2D eigenvalue weighted by atomic mass is 16.2. The lowest BCUT2D eigenvalue weighted by atomic mass is 10.1. The van der Waals surface area contributed by atoms with Gasteiger partial charge in [-0.15, -0.1) is 0 Å². The van der Waals surface area contributed by atoms with Crippen molar-refractivity contribution in [3.63, 3.8) is 0 Å². The number of nitrogens with one attached hydrogen (secondary N) is 3. The number of hydrogen-bond donors (Lipinski definition) is 4. The molecule has 2 amide bonds. The summed E-state index contributed by atoms with van der Waals surface area (Å²) in [5.74, 6) is -0.488. The molecule has 8 heteroatoms. The number of para-hydroxylation sites is 2. The van der Waals surface area contributed by atoms with Crippen molar-refractivity contribution >= 4 is 35.1 Å². The predicted molar refractivity (Wildman–Crippen MR) is 115 cm³/mol. The first-order chi connectivity index (χ1) is 14.0. The van der Waals surface area contributed by atoms with Crippen molar-refractivity contribution in [2.75, 3.05) is 10.6 Å². The van der Waals surface area contributed by atoms with Crippen molar-refractivity contribution in [1.82, 2.24) is 5.32 Å². The van der Waals surface area contributed by atoms with E-state index in [0.29, 0.717) is 0 Å². The summed E-state index contributed by atoms with van der Waals surface area (Å²) in [7, 11) is 0. The molecule has 0 aliphatic carbocycles. The molecule has 0 saturated carbocycles. The van der Waals surface area contributed by atoms with Crippen LogP contribution >= 0.6 is 0 Å². The maximum atomic E-state index is 12.4. The number of benzene rings is 2. The molecule has 1 heterocycles. The minimum absolute atomic E-state index is 0.0754. The van der Waals surface area contributed by atoms with Crippen LogP contribution in [0.1, 0.15) is 24.5 Å². The van der Waals surface area contributed by atoms with Crippen LogP contribution in [0.15, 0.2) is 58.5 Å². The number of amides is 2. The molecule has 1 aliphatic rings. The molecule has 0 aromatic heterocycles. The molecule has 1 atom stereocenters. The molecule has 0 radical (unpaired) electrons. The summed E-state index contributed by atoms with van der Waals surface area (Å²) < 4.78 is 0. The number of aliphatic imine (C=N–C) groups is 2. The number of carbonyl (C=O) groups is 2. The Morgan fingerprint density at radius 3 is 2.55 bits per heavy atom. The van der Waals surface area contributed by atoms with Crippen molar-refractivity contribution < 1.29 is 9.59 Å². The van der Waals surface area contributed by atoms with Crippen LogP contribution in [0, 0.1) is 6.92 Å². The van der Waals surface area contributed by atoms with E-state index in [0.717, 1.165) is 28.9 Å². The first-order valence-corrected chi connectivity index (χ1v) is 9.39. The zero-order chi connectivity index (χ0) is 20.8. The Balaban J connectivity index is 1.63. The lowest BCUT2D eigenvalue weighted by molar-refractivity contribution is -0.123. The van der Waals surface area contributed by atoms with Gasteiger partial charge in [-0.3, -0.25) is 14.9 Å². The molecular weight excluding hydrogens is 368 g/mol.